The highest BCUT2D eigenvalue weighted by Gasteiger charge is 2.19. The maximum Gasteiger partial charge on any atom is 0.303 e. The number of rotatable bonds is 7. The van der Waals surface area contributed by atoms with Crippen LogP contribution in [-0.4, -0.2) is 23.1 Å². The molecule has 0 N–H and O–H groups in total. The normalized spacial score (nSPS) is 13.7. The molecule has 5 heteroatoms. The Morgan fingerprint density at radius 1 is 1.47 bits per heavy atom. The van der Waals surface area contributed by atoms with Crippen LogP contribution in [0.3, 0.4) is 0 Å². The second-order valence-electron chi connectivity index (χ2n) is 3.58. The van der Waals surface area contributed by atoms with Gasteiger partial charge in [0.2, 0.25) is 5.92 Å². The van der Waals surface area contributed by atoms with Crippen LogP contribution in [0.1, 0.15) is 40.0 Å². The molecule has 0 aromatic rings. The summed E-state index contributed by atoms with van der Waals surface area (Å²) >= 11 is 1.47. The predicted octanol–water partition coefficient (Wildman–Crippen LogP) is 3.45. The third-order valence-electron chi connectivity index (χ3n) is 1.69. The van der Waals surface area contributed by atoms with Crippen molar-refractivity contribution in [2.45, 2.75) is 51.4 Å². The summed E-state index contributed by atoms with van der Waals surface area (Å²) in [6.07, 6.45) is 1.15. The van der Waals surface area contributed by atoms with Gasteiger partial charge in [0.15, 0.2) is 0 Å². The van der Waals surface area contributed by atoms with Crippen molar-refractivity contribution < 1.29 is 18.3 Å². The molecule has 0 heterocycles. The van der Waals surface area contributed by atoms with E-state index in [1.54, 1.807) is 6.92 Å². The van der Waals surface area contributed by atoms with Crippen molar-refractivity contribution in [3.8, 4) is 0 Å². The zero-order valence-electron chi connectivity index (χ0n) is 9.39. The number of hydrogen-bond acceptors (Lipinski definition) is 3. The SMILES string of the molecule is CC(=O)OC(C)SCCCCC(C)(F)F. The van der Waals surface area contributed by atoms with Gasteiger partial charge in [-0.25, -0.2) is 8.78 Å². The van der Waals surface area contributed by atoms with Gasteiger partial charge in [0.25, 0.3) is 0 Å². The molecule has 90 valence electrons. The van der Waals surface area contributed by atoms with Crippen molar-refractivity contribution in [1.82, 2.24) is 0 Å². The molecule has 0 rings (SSSR count). The van der Waals surface area contributed by atoms with Crippen molar-refractivity contribution in [1.29, 1.82) is 0 Å². The third-order valence-corrected chi connectivity index (χ3v) is 2.78. The first-order valence-electron chi connectivity index (χ1n) is 4.98. The van der Waals surface area contributed by atoms with E-state index in [-0.39, 0.29) is 17.8 Å². The Balaban J connectivity index is 3.35. The van der Waals surface area contributed by atoms with E-state index in [1.165, 1.54) is 18.7 Å². The van der Waals surface area contributed by atoms with Crippen LogP contribution in [0.15, 0.2) is 0 Å². The number of halogens is 2. The molecule has 15 heavy (non-hydrogen) atoms. The number of carbonyl (C=O) groups excluding carboxylic acids is 1. The van der Waals surface area contributed by atoms with Crippen LogP contribution in [0.5, 0.6) is 0 Å². The van der Waals surface area contributed by atoms with E-state index in [2.05, 4.69) is 0 Å². The first-order chi connectivity index (χ1) is 6.81. The molecule has 0 radical (unpaired) electrons. The van der Waals surface area contributed by atoms with Crippen LogP contribution in [-0.2, 0) is 9.53 Å². The minimum atomic E-state index is -2.56. The maximum atomic E-state index is 12.4. The largest absolute Gasteiger partial charge is 0.452 e. The van der Waals surface area contributed by atoms with Gasteiger partial charge < -0.3 is 4.74 Å². The Kier molecular flexibility index (Phi) is 6.89. The summed E-state index contributed by atoms with van der Waals surface area (Å²) in [7, 11) is 0. The van der Waals surface area contributed by atoms with E-state index >= 15 is 0 Å². The lowest BCUT2D eigenvalue weighted by Gasteiger charge is -2.12. The average Bonchev–Trinajstić information content (AvgIpc) is 1.99. The van der Waals surface area contributed by atoms with Gasteiger partial charge in [0.05, 0.1) is 0 Å². The molecule has 0 aliphatic carbocycles. The monoisotopic (exact) mass is 240 g/mol. The lowest BCUT2D eigenvalue weighted by atomic mass is 10.2. The van der Waals surface area contributed by atoms with Gasteiger partial charge in [-0.1, -0.05) is 0 Å². The zero-order valence-corrected chi connectivity index (χ0v) is 10.2. The Hall–Kier alpha value is -0.320. The van der Waals surface area contributed by atoms with Crippen molar-refractivity contribution in [3.05, 3.63) is 0 Å². The van der Waals surface area contributed by atoms with Crippen molar-refractivity contribution in [3.63, 3.8) is 0 Å². The highest BCUT2D eigenvalue weighted by atomic mass is 32.2. The molecule has 0 fully saturated rings. The van der Waals surface area contributed by atoms with Gasteiger partial charge in [0.1, 0.15) is 5.44 Å². The quantitative estimate of drug-likeness (QED) is 0.387. The summed E-state index contributed by atoms with van der Waals surface area (Å²) < 4.78 is 29.7. The van der Waals surface area contributed by atoms with Crippen molar-refractivity contribution >= 4 is 17.7 Å². The fourth-order valence-corrected chi connectivity index (χ4v) is 1.96. The van der Waals surface area contributed by atoms with E-state index in [0.717, 1.165) is 19.1 Å². The molecular formula is C10H18F2O2S. The van der Waals surface area contributed by atoms with Crippen molar-refractivity contribution in [2.75, 3.05) is 5.75 Å². The lowest BCUT2D eigenvalue weighted by molar-refractivity contribution is -0.141. The molecule has 0 spiro atoms. The summed E-state index contributed by atoms with van der Waals surface area (Å²) in [6, 6.07) is 0. The fraction of sp³-hybridized carbons (Fsp3) is 0.900. The first kappa shape index (κ1) is 14.7. The Bertz CT molecular complexity index is 192. The van der Waals surface area contributed by atoms with E-state index in [0.29, 0.717) is 6.42 Å². The predicted molar refractivity (Wildman–Crippen MR) is 58.2 cm³/mol. The molecule has 0 aromatic heterocycles. The number of thioether (sulfide) groups is 1. The standard InChI is InChI=1S/C10H18F2O2S/c1-8(13)14-9(2)15-7-5-4-6-10(3,11)12/h9H,4-7H2,1-3H3. The van der Waals surface area contributed by atoms with Crippen LogP contribution < -0.4 is 0 Å². The highest BCUT2D eigenvalue weighted by Crippen LogP contribution is 2.21. The molecule has 0 saturated heterocycles. The molecular weight excluding hydrogens is 222 g/mol. The minimum Gasteiger partial charge on any atom is -0.452 e. The van der Waals surface area contributed by atoms with Crippen LogP contribution in [0.25, 0.3) is 0 Å². The zero-order chi connectivity index (χ0) is 11.9. The van der Waals surface area contributed by atoms with Gasteiger partial charge in [-0.05, 0) is 32.4 Å². The topological polar surface area (TPSA) is 26.3 Å². The second-order valence-corrected chi connectivity index (χ2v) is 4.98. The molecule has 2 nitrogen and oxygen atoms in total. The van der Waals surface area contributed by atoms with E-state index < -0.39 is 5.92 Å². The van der Waals surface area contributed by atoms with Gasteiger partial charge >= 0.3 is 5.97 Å². The summed E-state index contributed by atoms with van der Waals surface area (Å²) in [5.41, 5.74) is -0.190. The minimum absolute atomic E-state index is 0.0739. The van der Waals surface area contributed by atoms with Crippen LogP contribution in [0, 0.1) is 0 Å². The number of carbonyl (C=O) groups is 1. The van der Waals surface area contributed by atoms with E-state index in [1.807, 2.05) is 0 Å². The molecule has 1 atom stereocenters. The Labute approximate surface area is 93.8 Å². The van der Waals surface area contributed by atoms with Crippen LogP contribution >= 0.6 is 11.8 Å². The van der Waals surface area contributed by atoms with Gasteiger partial charge in [-0.15, -0.1) is 11.8 Å². The number of esters is 1. The second kappa shape index (κ2) is 7.04. The number of ether oxygens (including phenoxy) is 1. The fourth-order valence-electron chi connectivity index (χ4n) is 1.05. The highest BCUT2D eigenvalue weighted by molar-refractivity contribution is 7.99. The maximum absolute atomic E-state index is 12.4. The number of alkyl halides is 2. The number of unbranched alkanes of at least 4 members (excludes halogenated alkanes) is 1. The summed E-state index contributed by atoms with van der Waals surface area (Å²) in [5.74, 6) is -2.13. The van der Waals surface area contributed by atoms with Crippen LogP contribution in [0.2, 0.25) is 0 Å². The van der Waals surface area contributed by atoms with E-state index in [4.69, 9.17) is 4.74 Å². The summed E-state index contributed by atoms with van der Waals surface area (Å²) in [5, 5.41) is 0. The van der Waals surface area contributed by atoms with Gasteiger partial charge in [-0.3, -0.25) is 4.79 Å². The molecule has 0 aliphatic rings. The molecule has 1 unspecified atom stereocenters. The van der Waals surface area contributed by atoms with Gasteiger partial charge in [-0.2, -0.15) is 0 Å². The van der Waals surface area contributed by atoms with Gasteiger partial charge in [0, 0.05) is 13.3 Å². The van der Waals surface area contributed by atoms with Crippen LogP contribution in [0.4, 0.5) is 8.78 Å². The molecule has 0 bridgehead atoms. The first-order valence-corrected chi connectivity index (χ1v) is 6.03. The summed E-state index contributed by atoms with van der Waals surface area (Å²) in [4.78, 5) is 10.5. The Morgan fingerprint density at radius 3 is 2.53 bits per heavy atom. The lowest BCUT2D eigenvalue weighted by Crippen LogP contribution is -2.10. The average molecular weight is 240 g/mol. The molecule has 0 saturated carbocycles. The van der Waals surface area contributed by atoms with Crippen molar-refractivity contribution in [2.24, 2.45) is 0 Å². The smallest absolute Gasteiger partial charge is 0.303 e. The summed E-state index contributed by atoms with van der Waals surface area (Å²) in [6.45, 7) is 4.07. The Morgan fingerprint density at radius 2 is 2.07 bits per heavy atom. The third kappa shape index (κ3) is 11.6. The molecule has 0 amide bonds. The van der Waals surface area contributed by atoms with E-state index in [9.17, 15) is 13.6 Å². The molecule has 0 aromatic carbocycles. The molecule has 0 aliphatic heterocycles. The number of hydrogen-bond donors (Lipinski definition) is 0.